The number of H-pyrrole nitrogens is 1. The number of phenols is 1. The van der Waals surface area contributed by atoms with Crippen LogP contribution in [0.25, 0.3) is 22.4 Å². The van der Waals surface area contributed by atoms with Crippen molar-refractivity contribution < 1.29 is 21.9 Å². The zero-order chi connectivity index (χ0) is 22.6. The first-order chi connectivity index (χ1) is 13.6. The van der Waals surface area contributed by atoms with E-state index in [9.17, 15) is 21.9 Å². The quantitative estimate of drug-likeness (QED) is 0.522. The molecule has 0 atom stereocenters. The van der Waals surface area contributed by atoms with Gasteiger partial charge in [-0.25, -0.2) is 21.8 Å². The summed E-state index contributed by atoms with van der Waals surface area (Å²) in [4.78, 5) is 7.72. The number of hydrogen-bond acceptors (Lipinski definition) is 6. The molecule has 30 heavy (non-hydrogen) atoms. The molecule has 162 valence electrons. The highest BCUT2D eigenvalue weighted by atomic mass is 32.2. The van der Waals surface area contributed by atoms with Crippen LogP contribution in [0.3, 0.4) is 0 Å². The van der Waals surface area contributed by atoms with E-state index in [-0.39, 0.29) is 10.6 Å². The van der Waals surface area contributed by atoms with Crippen molar-refractivity contribution in [2.24, 2.45) is 0 Å². The fourth-order valence-electron chi connectivity index (χ4n) is 3.27. The fraction of sp³-hybridized carbons (Fsp3) is 0.350. The zero-order valence-corrected chi connectivity index (χ0v) is 19.3. The molecule has 0 spiro atoms. The van der Waals surface area contributed by atoms with Crippen molar-refractivity contribution in [2.45, 2.75) is 38.0 Å². The van der Waals surface area contributed by atoms with Crippen LogP contribution in [-0.2, 0) is 25.3 Å². The van der Waals surface area contributed by atoms with Crippen LogP contribution in [-0.4, -0.2) is 44.4 Å². The average Bonchev–Trinajstić information content (AvgIpc) is 2.97. The van der Waals surface area contributed by atoms with E-state index in [4.69, 9.17) is 0 Å². The van der Waals surface area contributed by atoms with Crippen LogP contribution in [0.5, 0.6) is 5.75 Å². The number of nitrogens with one attached hydrogen (secondary N) is 2. The SMILES string of the molecule is Cc1c(NS(C)(=O)=O)cc(C(C)(C)C)c(O)c1-c1nc2cc(S(C)(=O)=O)ccc2[nH]1. The number of anilines is 1. The largest absolute Gasteiger partial charge is 0.507 e. The van der Waals surface area contributed by atoms with Crippen molar-refractivity contribution >= 4 is 36.6 Å². The minimum atomic E-state index is -3.55. The number of fused-ring (bicyclic) bond motifs is 1. The summed E-state index contributed by atoms with van der Waals surface area (Å²) in [5.74, 6) is 0.301. The van der Waals surface area contributed by atoms with Gasteiger partial charge >= 0.3 is 0 Å². The summed E-state index contributed by atoms with van der Waals surface area (Å²) >= 11 is 0. The van der Waals surface area contributed by atoms with Gasteiger partial charge in [0.05, 0.1) is 33.4 Å². The predicted molar refractivity (Wildman–Crippen MR) is 118 cm³/mol. The Kier molecular flexibility index (Phi) is 5.15. The molecule has 0 saturated carbocycles. The molecule has 1 heterocycles. The lowest BCUT2D eigenvalue weighted by Crippen LogP contribution is -2.16. The van der Waals surface area contributed by atoms with Crippen molar-refractivity contribution in [1.82, 2.24) is 9.97 Å². The Morgan fingerprint density at radius 3 is 2.23 bits per heavy atom. The fourth-order valence-corrected chi connectivity index (χ4v) is 4.52. The van der Waals surface area contributed by atoms with Gasteiger partial charge in [0, 0.05) is 11.8 Å². The van der Waals surface area contributed by atoms with Crippen LogP contribution in [0.4, 0.5) is 5.69 Å². The number of imidazole rings is 1. The second-order valence-electron chi connectivity index (χ2n) is 8.48. The molecule has 2 aromatic carbocycles. The van der Waals surface area contributed by atoms with Gasteiger partial charge in [-0.3, -0.25) is 4.72 Å². The number of nitrogens with zero attached hydrogens (tertiary/aromatic N) is 1. The maximum absolute atomic E-state index is 11.9. The smallest absolute Gasteiger partial charge is 0.229 e. The lowest BCUT2D eigenvalue weighted by molar-refractivity contribution is 0.448. The summed E-state index contributed by atoms with van der Waals surface area (Å²) in [6.07, 6.45) is 2.18. The van der Waals surface area contributed by atoms with Crippen LogP contribution < -0.4 is 4.72 Å². The van der Waals surface area contributed by atoms with Crippen LogP contribution in [0.1, 0.15) is 31.9 Å². The Morgan fingerprint density at radius 2 is 1.70 bits per heavy atom. The molecule has 10 heteroatoms. The Morgan fingerprint density at radius 1 is 1.07 bits per heavy atom. The monoisotopic (exact) mass is 451 g/mol. The summed E-state index contributed by atoms with van der Waals surface area (Å²) in [5.41, 5.74) is 2.27. The maximum Gasteiger partial charge on any atom is 0.229 e. The molecule has 0 unspecified atom stereocenters. The molecule has 0 aliphatic carbocycles. The molecule has 0 aliphatic heterocycles. The number of sulfone groups is 1. The van der Waals surface area contributed by atoms with Crippen molar-refractivity contribution in [3.05, 3.63) is 35.4 Å². The summed E-state index contributed by atoms with van der Waals surface area (Å²) in [6.45, 7) is 7.40. The number of phenolic OH excluding ortho intramolecular Hbond substituents is 1. The molecule has 0 amide bonds. The van der Waals surface area contributed by atoms with Crippen molar-refractivity contribution in [3.63, 3.8) is 0 Å². The third kappa shape index (κ3) is 4.29. The van der Waals surface area contributed by atoms with Gasteiger partial charge in [0.2, 0.25) is 10.0 Å². The van der Waals surface area contributed by atoms with Crippen LogP contribution in [0.2, 0.25) is 0 Å². The van der Waals surface area contributed by atoms with E-state index in [1.807, 2.05) is 20.8 Å². The van der Waals surface area contributed by atoms with Gasteiger partial charge in [-0.2, -0.15) is 0 Å². The van der Waals surface area contributed by atoms with E-state index in [0.717, 1.165) is 12.5 Å². The second kappa shape index (κ2) is 6.98. The molecule has 0 aliphatic rings. The molecule has 3 rings (SSSR count). The lowest BCUT2D eigenvalue weighted by Gasteiger charge is -2.24. The molecule has 1 aromatic heterocycles. The van der Waals surface area contributed by atoms with Gasteiger partial charge < -0.3 is 10.1 Å². The van der Waals surface area contributed by atoms with Gasteiger partial charge in [-0.05, 0) is 42.2 Å². The van der Waals surface area contributed by atoms with Gasteiger partial charge in [0.15, 0.2) is 9.84 Å². The molecule has 0 fully saturated rings. The first-order valence-electron chi connectivity index (χ1n) is 9.13. The number of aromatic amines is 1. The van der Waals surface area contributed by atoms with E-state index in [1.165, 1.54) is 12.1 Å². The maximum atomic E-state index is 11.9. The molecule has 0 radical (unpaired) electrons. The van der Waals surface area contributed by atoms with E-state index < -0.39 is 25.3 Å². The number of rotatable bonds is 4. The number of aromatic nitrogens is 2. The third-order valence-corrected chi connectivity index (χ3v) is 6.48. The Labute approximate surface area is 176 Å². The van der Waals surface area contributed by atoms with E-state index in [2.05, 4.69) is 14.7 Å². The number of benzene rings is 2. The Hall–Kier alpha value is -2.59. The van der Waals surface area contributed by atoms with Gasteiger partial charge in [-0.15, -0.1) is 0 Å². The van der Waals surface area contributed by atoms with E-state index >= 15 is 0 Å². The van der Waals surface area contributed by atoms with Crippen LogP contribution >= 0.6 is 0 Å². The Bertz CT molecular complexity index is 1370. The summed E-state index contributed by atoms with van der Waals surface area (Å²) in [6, 6.07) is 6.17. The normalized spacial score (nSPS) is 13.0. The summed E-state index contributed by atoms with van der Waals surface area (Å²) in [5, 5.41) is 11.1. The van der Waals surface area contributed by atoms with Crippen molar-refractivity contribution in [1.29, 1.82) is 0 Å². The highest BCUT2D eigenvalue weighted by Gasteiger charge is 2.26. The minimum Gasteiger partial charge on any atom is -0.507 e. The van der Waals surface area contributed by atoms with Gasteiger partial charge in [-0.1, -0.05) is 20.8 Å². The topological polar surface area (TPSA) is 129 Å². The van der Waals surface area contributed by atoms with Crippen molar-refractivity contribution in [3.8, 4) is 17.1 Å². The van der Waals surface area contributed by atoms with E-state index in [1.54, 1.807) is 19.1 Å². The lowest BCUT2D eigenvalue weighted by atomic mass is 9.83. The predicted octanol–water partition coefficient (Wildman–Crippen LogP) is 3.32. The summed E-state index contributed by atoms with van der Waals surface area (Å²) in [7, 11) is -6.95. The van der Waals surface area contributed by atoms with Crippen LogP contribution in [0.15, 0.2) is 29.2 Å². The Balaban J connectivity index is 2.32. The van der Waals surface area contributed by atoms with Crippen LogP contribution in [0, 0.1) is 6.92 Å². The zero-order valence-electron chi connectivity index (χ0n) is 17.7. The second-order valence-corrected chi connectivity index (χ2v) is 12.2. The molecular weight excluding hydrogens is 426 g/mol. The molecule has 3 aromatic rings. The molecule has 0 saturated heterocycles. The highest BCUT2D eigenvalue weighted by molar-refractivity contribution is 7.92. The molecular formula is C20H25N3O5S2. The van der Waals surface area contributed by atoms with E-state index in [0.29, 0.717) is 39.2 Å². The summed E-state index contributed by atoms with van der Waals surface area (Å²) < 4.78 is 49.9. The first-order valence-corrected chi connectivity index (χ1v) is 12.9. The average molecular weight is 452 g/mol. The minimum absolute atomic E-state index is 0.0126. The van der Waals surface area contributed by atoms with Crippen molar-refractivity contribution in [2.75, 3.05) is 17.2 Å². The number of hydrogen-bond donors (Lipinski definition) is 3. The number of sulfonamides is 1. The number of aromatic hydroxyl groups is 1. The highest BCUT2D eigenvalue weighted by Crippen LogP contribution is 2.43. The van der Waals surface area contributed by atoms with Gasteiger partial charge in [0.1, 0.15) is 11.6 Å². The third-order valence-electron chi connectivity index (χ3n) is 4.78. The molecule has 3 N–H and O–H groups in total. The standard InChI is InChI=1S/C20H25N3O5S2/c1-11-15(23-30(6,27)28)10-13(20(2,3)4)18(24)17(11)19-21-14-8-7-12(29(5,25)26)9-16(14)22-19/h7-10,23-24H,1-6H3,(H,21,22). The first kappa shape index (κ1) is 22.1. The molecule has 0 bridgehead atoms. The van der Waals surface area contributed by atoms with Gasteiger partial charge in [0.25, 0.3) is 0 Å². The molecule has 8 nitrogen and oxygen atoms in total.